The van der Waals surface area contributed by atoms with Gasteiger partial charge in [-0.05, 0) is 54.7 Å². The molecule has 0 fully saturated rings. The number of aromatic nitrogens is 1. The number of fused-ring (bicyclic) bond motifs is 3. The Hall–Kier alpha value is -3.01. The molecule has 26 heavy (non-hydrogen) atoms. The van der Waals surface area contributed by atoms with E-state index in [2.05, 4.69) is 23.2 Å². The van der Waals surface area contributed by atoms with Gasteiger partial charge in [0.15, 0.2) is 0 Å². The number of carbonyl (C=O) groups excluding carboxylic acids is 1. The summed E-state index contributed by atoms with van der Waals surface area (Å²) in [7, 11) is 0. The Kier molecular flexibility index (Phi) is 4.48. The van der Waals surface area contributed by atoms with Gasteiger partial charge in [-0.1, -0.05) is 30.3 Å². The van der Waals surface area contributed by atoms with Crippen LogP contribution in [0, 0.1) is 0 Å². The molecule has 4 rings (SSSR count). The molecule has 1 aliphatic rings. The second-order valence-corrected chi connectivity index (χ2v) is 6.38. The Morgan fingerprint density at radius 3 is 2.81 bits per heavy atom. The minimum absolute atomic E-state index is 0.277. The van der Waals surface area contributed by atoms with Gasteiger partial charge >= 0.3 is 5.97 Å². The van der Waals surface area contributed by atoms with E-state index in [9.17, 15) is 4.79 Å². The van der Waals surface area contributed by atoms with Gasteiger partial charge in [0.05, 0.1) is 6.61 Å². The van der Waals surface area contributed by atoms with Crippen LogP contribution < -0.4 is 4.74 Å². The van der Waals surface area contributed by atoms with E-state index >= 15 is 0 Å². The van der Waals surface area contributed by atoms with Crippen molar-refractivity contribution in [2.75, 3.05) is 6.61 Å². The molecule has 132 valence electrons. The first-order valence-electron chi connectivity index (χ1n) is 8.93. The Labute approximate surface area is 152 Å². The molecule has 0 saturated heterocycles. The zero-order valence-electron chi connectivity index (χ0n) is 14.7. The van der Waals surface area contributed by atoms with Crippen LogP contribution in [0.1, 0.15) is 30.2 Å². The topological polar surface area (TPSA) is 51.3 Å². The van der Waals surface area contributed by atoms with Crippen molar-refractivity contribution in [1.29, 1.82) is 0 Å². The lowest BCUT2D eigenvalue weighted by Crippen LogP contribution is -2.00. The van der Waals surface area contributed by atoms with Crippen molar-refractivity contribution in [3.63, 3.8) is 0 Å². The second kappa shape index (κ2) is 7.08. The van der Waals surface area contributed by atoms with Gasteiger partial charge in [0.2, 0.25) is 0 Å². The monoisotopic (exact) mass is 347 g/mol. The standard InChI is InChI=1S/C22H21NO3/c1-2-25-21(24)12-16-8-10-18-19-13-17(9-11-20(19)23-22(16)18)26-14-15-6-4-3-5-7-15/h3-7,9,11-13,23H,2,8,10,14H2,1H3. The van der Waals surface area contributed by atoms with E-state index < -0.39 is 0 Å². The average molecular weight is 347 g/mol. The number of rotatable bonds is 5. The molecule has 4 heteroatoms. The Bertz CT molecular complexity index is 970. The van der Waals surface area contributed by atoms with E-state index in [0.29, 0.717) is 13.2 Å². The van der Waals surface area contributed by atoms with Gasteiger partial charge < -0.3 is 14.5 Å². The van der Waals surface area contributed by atoms with E-state index in [1.807, 2.05) is 37.3 Å². The first-order chi connectivity index (χ1) is 12.7. The number of carbonyl (C=O) groups is 1. The number of ether oxygens (including phenoxy) is 2. The molecular weight excluding hydrogens is 326 g/mol. The van der Waals surface area contributed by atoms with Crippen LogP contribution in [0.15, 0.2) is 54.6 Å². The van der Waals surface area contributed by atoms with Crippen LogP contribution in [-0.2, 0) is 22.6 Å². The molecule has 1 aromatic heterocycles. The van der Waals surface area contributed by atoms with Crippen LogP contribution in [0.5, 0.6) is 5.75 Å². The SMILES string of the molecule is CCOC(=O)C=C1CCc2c1[nH]c1ccc(OCc3ccccc3)cc21. The van der Waals surface area contributed by atoms with Crippen molar-refractivity contribution < 1.29 is 14.3 Å². The van der Waals surface area contributed by atoms with Crippen LogP contribution in [0.25, 0.3) is 16.5 Å². The van der Waals surface area contributed by atoms with Crippen molar-refractivity contribution in [2.45, 2.75) is 26.4 Å². The molecule has 1 heterocycles. The number of hydrogen-bond donors (Lipinski definition) is 1. The number of hydrogen-bond acceptors (Lipinski definition) is 3. The van der Waals surface area contributed by atoms with Gasteiger partial charge in [0.25, 0.3) is 0 Å². The smallest absolute Gasteiger partial charge is 0.331 e. The summed E-state index contributed by atoms with van der Waals surface area (Å²) in [5, 5.41) is 1.16. The van der Waals surface area contributed by atoms with E-state index in [1.54, 1.807) is 6.08 Å². The quantitative estimate of drug-likeness (QED) is 0.540. The maximum atomic E-state index is 11.8. The van der Waals surface area contributed by atoms with Crippen LogP contribution in [0.2, 0.25) is 0 Å². The molecular formula is C22H21NO3. The molecule has 0 saturated carbocycles. The normalized spacial score (nSPS) is 14.6. The molecule has 0 aliphatic heterocycles. The summed E-state index contributed by atoms with van der Waals surface area (Å²) in [5.74, 6) is 0.576. The van der Waals surface area contributed by atoms with Crippen LogP contribution in [0.3, 0.4) is 0 Å². The maximum absolute atomic E-state index is 11.8. The maximum Gasteiger partial charge on any atom is 0.331 e. The Morgan fingerprint density at radius 2 is 2.00 bits per heavy atom. The zero-order valence-corrected chi connectivity index (χ0v) is 14.7. The highest BCUT2D eigenvalue weighted by atomic mass is 16.5. The highest BCUT2D eigenvalue weighted by molar-refractivity contribution is 5.97. The van der Waals surface area contributed by atoms with E-state index in [0.717, 1.165) is 46.3 Å². The number of H-pyrrole nitrogens is 1. The number of benzene rings is 2. The minimum Gasteiger partial charge on any atom is -0.489 e. The number of allylic oxidation sites excluding steroid dienone is 1. The Morgan fingerprint density at radius 1 is 1.15 bits per heavy atom. The number of aryl methyl sites for hydroxylation is 1. The lowest BCUT2D eigenvalue weighted by Gasteiger charge is -2.06. The molecule has 3 aromatic rings. The molecule has 0 bridgehead atoms. The van der Waals surface area contributed by atoms with Crippen molar-refractivity contribution in [1.82, 2.24) is 4.98 Å². The fourth-order valence-corrected chi connectivity index (χ4v) is 3.45. The third-order valence-corrected chi connectivity index (χ3v) is 4.67. The van der Waals surface area contributed by atoms with E-state index in [4.69, 9.17) is 9.47 Å². The summed E-state index contributed by atoms with van der Waals surface area (Å²) < 4.78 is 11.0. The summed E-state index contributed by atoms with van der Waals surface area (Å²) in [6, 6.07) is 16.2. The molecule has 2 aromatic carbocycles. The van der Waals surface area contributed by atoms with Crippen molar-refractivity contribution >= 4 is 22.4 Å². The minimum atomic E-state index is -0.277. The average Bonchev–Trinajstić information content (AvgIpc) is 3.21. The predicted molar refractivity (Wildman–Crippen MR) is 102 cm³/mol. The summed E-state index contributed by atoms with van der Waals surface area (Å²) in [6.07, 6.45) is 3.38. The molecule has 0 spiro atoms. The predicted octanol–water partition coefficient (Wildman–Crippen LogP) is 4.64. The first-order valence-corrected chi connectivity index (χ1v) is 8.93. The molecule has 4 nitrogen and oxygen atoms in total. The summed E-state index contributed by atoms with van der Waals surface area (Å²) >= 11 is 0. The van der Waals surface area contributed by atoms with Crippen LogP contribution in [-0.4, -0.2) is 17.6 Å². The van der Waals surface area contributed by atoms with Crippen molar-refractivity contribution in [3.8, 4) is 5.75 Å². The Balaban J connectivity index is 1.59. The molecule has 0 amide bonds. The van der Waals surface area contributed by atoms with E-state index in [-0.39, 0.29) is 5.97 Å². The molecule has 1 aliphatic carbocycles. The third-order valence-electron chi connectivity index (χ3n) is 4.67. The largest absolute Gasteiger partial charge is 0.489 e. The third kappa shape index (κ3) is 3.23. The van der Waals surface area contributed by atoms with Crippen molar-refractivity contribution in [3.05, 3.63) is 71.4 Å². The van der Waals surface area contributed by atoms with Gasteiger partial charge in [-0.3, -0.25) is 0 Å². The number of esters is 1. The van der Waals surface area contributed by atoms with Gasteiger partial charge in [-0.25, -0.2) is 4.79 Å². The highest BCUT2D eigenvalue weighted by Crippen LogP contribution is 2.38. The lowest BCUT2D eigenvalue weighted by molar-refractivity contribution is -0.137. The highest BCUT2D eigenvalue weighted by Gasteiger charge is 2.22. The second-order valence-electron chi connectivity index (χ2n) is 6.38. The fraction of sp³-hybridized carbons (Fsp3) is 0.227. The van der Waals surface area contributed by atoms with Gasteiger partial charge in [-0.2, -0.15) is 0 Å². The van der Waals surface area contributed by atoms with Gasteiger partial charge in [0.1, 0.15) is 12.4 Å². The van der Waals surface area contributed by atoms with Gasteiger partial charge in [0, 0.05) is 22.7 Å². The molecule has 0 radical (unpaired) electrons. The van der Waals surface area contributed by atoms with Crippen LogP contribution in [0.4, 0.5) is 0 Å². The number of nitrogens with one attached hydrogen (secondary N) is 1. The lowest BCUT2D eigenvalue weighted by atomic mass is 10.1. The molecule has 1 N–H and O–H groups in total. The summed E-state index contributed by atoms with van der Waals surface area (Å²) in [4.78, 5) is 15.2. The molecule has 0 unspecified atom stereocenters. The van der Waals surface area contributed by atoms with Crippen LogP contribution >= 0.6 is 0 Å². The van der Waals surface area contributed by atoms with E-state index in [1.165, 1.54) is 5.56 Å². The first kappa shape index (κ1) is 16.5. The molecule has 0 atom stereocenters. The summed E-state index contributed by atoms with van der Waals surface area (Å²) in [5.41, 5.74) is 5.53. The van der Waals surface area contributed by atoms with Crippen molar-refractivity contribution in [2.24, 2.45) is 0 Å². The summed E-state index contributed by atoms with van der Waals surface area (Å²) in [6.45, 7) is 2.76. The fourth-order valence-electron chi connectivity index (χ4n) is 3.45. The zero-order chi connectivity index (χ0) is 17.9. The number of aromatic amines is 1. The van der Waals surface area contributed by atoms with Gasteiger partial charge in [-0.15, -0.1) is 0 Å².